The predicted octanol–water partition coefficient (Wildman–Crippen LogP) is -0.213. The summed E-state index contributed by atoms with van der Waals surface area (Å²) in [5.74, 6) is 0.455. The third-order valence-electron chi connectivity index (χ3n) is 4.66. The van der Waals surface area contributed by atoms with Crippen LogP contribution in [0.2, 0.25) is 0 Å². The zero-order valence-corrected chi connectivity index (χ0v) is 12.5. The first-order chi connectivity index (χ1) is 9.51. The fraction of sp³-hybridized carbons (Fsp3) is 0.769. The first-order valence-corrected chi connectivity index (χ1v) is 8.00. The van der Waals surface area contributed by atoms with E-state index in [1.165, 1.54) is 6.92 Å². The van der Waals surface area contributed by atoms with Gasteiger partial charge in [0.15, 0.2) is 0 Å². The molecule has 3 fully saturated rings. The van der Waals surface area contributed by atoms with Gasteiger partial charge < -0.3 is 15.1 Å². The number of carbonyl (C=O) groups is 3. The molecule has 0 aromatic heterocycles. The molecule has 3 amide bonds. The van der Waals surface area contributed by atoms with Gasteiger partial charge in [-0.05, 0) is 12.8 Å². The summed E-state index contributed by atoms with van der Waals surface area (Å²) < 4.78 is 0. The van der Waals surface area contributed by atoms with Gasteiger partial charge in [-0.1, -0.05) is 0 Å². The van der Waals surface area contributed by atoms with Gasteiger partial charge in [-0.2, -0.15) is 0 Å². The summed E-state index contributed by atoms with van der Waals surface area (Å²) in [5.41, 5.74) is -0.684. The van der Waals surface area contributed by atoms with E-state index in [1.54, 1.807) is 28.6 Å². The van der Waals surface area contributed by atoms with Crippen molar-refractivity contribution < 1.29 is 14.4 Å². The molecule has 3 aliphatic heterocycles. The van der Waals surface area contributed by atoms with E-state index in [1.807, 2.05) is 0 Å². The molecule has 20 heavy (non-hydrogen) atoms. The maximum atomic E-state index is 12.9. The summed E-state index contributed by atoms with van der Waals surface area (Å²) in [6.45, 7) is 2.17. The summed E-state index contributed by atoms with van der Waals surface area (Å²) in [4.78, 5) is 40.1. The van der Waals surface area contributed by atoms with Crippen LogP contribution >= 0.6 is 11.8 Å². The molecule has 0 aromatic rings. The van der Waals surface area contributed by atoms with E-state index < -0.39 is 11.6 Å². The number of thioether (sulfide) groups is 1. The quantitative estimate of drug-likeness (QED) is 0.727. The van der Waals surface area contributed by atoms with Crippen LogP contribution in [0.1, 0.15) is 26.2 Å². The summed E-state index contributed by atoms with van der Waals surface area (Å²) in [6, 6.07) is -0.392. The Bertz CT molecular complexity index is 483. The number of likely N-dealkylation sites (N-methyl/N-ethyl adjacent to an activating group) is 1. The average molecular weight is 297 g/mol. The molecule has 3 saturated heterocycles. The average Bonchev–Trinajstić information content (AvgIpc) is 3.08. The number of hydrogen-bond acceptors (Lipinski definition) is 4. The minimum atomic E-state index is -0.684. The van der Waals surface area contributed by atoms with Crippen LogP contribution in [-0.4, -0.2) is 63.8 Å². The van der Waals surface area contributed by atoms with Gasteiger partial charge in [0.1, 0.15) is 11.6 Å². The molecule has 6 nitrogen and oxygen atoms in total. The fourth-order valence-electron chi connectivity index (χ4n) is 3.75. The standard InChI is InChI=1S/C13H19N3O3S/c1-8(17)15-5-3-4-13(15)6-10-16(12(13)19)9(7-20-10)11(18)14-2/h9-10H,3-7H2,1-2H3,(H,14,18)/t9-,10-,13-/m1/s1. The van der Waals surface area contributed by atoms with Crippen molar-refractivity contribution in [2.24, 2.45) is 0 Å². The van der Waals surface area contributed by atoms with E-state index in [4.69, 9.17) is 0 Å². The SMILES string of the molecule is CNC(=O)[C@H]1CS[C@@H]2C[C@]3(CCCN3C(C)=O)C(=O)N12. The molecule has 110 valence electrons. The van der Waals surface area contributed by atoms with Crippen LogP contribution in [0.15, 0.2) is 0 Å². The van der Waals surface area contributed by atoms with Crippen molar-refractivity contribution in [3.05, 3.63) is 0 Å². The minimum absolute atomic E-state index is 0.0322. The Morgan fingerprint density at radius 3 is 2.85 bits per heavy atom. The van der Waals surface area contributed by atoms with E-state index >= 15 is 0 Å². The molecular weight excluding hydrogens is 278 g/mol. The molecule has 7 heteroatoms. The molecule has 3 rings (SSSR count). The van der Waals surface area contributed by atoms with Crippen LogP contribution in [0.5, 0.6) is 0 Å². The summed E-state index contributed by atoms with van der Waals surface area (Å²) in [6.07, 6.45) is 2.24. The summed E-state index contributed by atoms with van der Waals surface area (Å²) in [5, 5.41) is 2.66. The lowest BCUT2D eigenvalue weighted by Gasteiger charge is -2.33. The molecule has 0 aromatic carbocycles. The van der Waals surface area contributed by atoms with Gasteiger partial charge in [-0.15, -0.1) is 11.8 Å². The maximum absolute atomic E-state index is 12.9. The van der Waals surface area contributed by atoms with Gasteiger partial charge in [0.25, 0.3) is 0 Å². The third kappa shape index (κ3) is 1.68. The van der Waals surface area contributed by atoms with E-state index in [2.05, 4.69) is 5.32 Å². The van der Waals surface area contributed by atoms with Crippen molar-refractivity contribution in [2.45, 2.75) is 43.1 Å². The number of hydrogen-bond donors (Lipinski definition) is 1. The van der Waals surface area contributed by atoms with Crippen LogP contribution in [0.3, 0.4) is 0 Å². The Morgan fingerprint density at radius 1 is 1.45 bits per heavy atom. The summed E-state index contributed by atoms with van der Waals surface area (Å²) >= 11 is 1.65. The molecule has 1 N–H and O–H groups in total. The second kappa shape index (κ2) is 4.65. The lowest BCUT2D eigenvalue weighted by Crippen LogP contribution is -2.55. The third-order valence-corrected chi connectivity index (χ3v) is 5.94. The molecule has 0 bridgehead atoms. The number of carbonyl (C=O) groups excluding carboxylic acids is 3. The van der Waals surface area contributed by atoms with E-state index in [-0.39, 0.29) is 23.1 Å². The van der Waals surface area contributed by atoms with Crippen LogP contribution in [0, 0.1) is 0 Å². The number of nitrogens with one attached hydrogen (secondary N) is 1. The Balaban J connectivity index is 1.91. The maximum Gasteiger partial charge on any atom is 0.250 e. The Labute approximate surface area is 122 Å². The van der Waals surface area contributed by atoms with Gasteiger partial charge in [-0.25, -0.2) is 0 Å². The molecule has 0 saturated carbocycles. The highest BCUT2D eigenvalue weighted by molar-refractivity contribution is 8.00. The van der Waals surface area contributed by atoms with E-state index in [0.717, 1.165) is 12.8 Å². The van der Waals surface area contributed by atoms with Gasteiger partial charge in [0, 0.05) is 32.7 Å². The molecule has 3 heterocycles. The van der Waals surface area contributed by atoms with Crippen molar-refractivity contribution in [1.82, 2.24) is 15.1 Å². The molecule has 1 spiro atoms. The second-order valence-electron chi connectivity index (χ2n) is 5.64. The molecule has 0 unspecified atom stereocenters. The van der Waals surface area contributed by atoms with E-state index in [0.29, 0.717) is 18.7 Å². The summed E-state index contributed by atoms with van der Waals surface area (Å²) in [7, 11) is 1.59. The Morgan fingerprint density at radius 2 is 2.20 bits per heavy atom. The molecule has 0 radical (unpaired) electrons. The molecule has 0 aliphatic carbocycles. The second-order valence-corrected chi connectivity index (χ2v) is 6.85. The largest absolute Gasteiger partial charge is 0.357 e. The van der Waals surface area contributed by atoms with E-state index in [9.17, 15) is 14.4 Å². The highest BCUT2D eigenvalue weighted by Crippen LogP contribution is 2.48. The fourth-order valence-corrected chi connectivity index (χ4v) is 5.26. The number of rotatable bonds is 1. The zero-order chi connectivity index (χ0) is 14.5. The monoisotopic (exact) mass is 297 g/mol. The van der Waals surface area contributed by atoms with Crippen LogP contribution in [0.4, 0.5) is 0 Å². The van der Waals surface area contributed by atoms with Crippen LogP contribution < -0.4 is 5.32 Å². The van der Waals surface area contributed by atoms with Crippen molar-refractivity contribution in [2.75, 3.05) is 19.3 Å². The van der Waals surface area contributed by atoms with Crippen molar-refractivity contribution in [3.63, 3.8) is 0 Å². The Hall–Kier alpha value is -1.24. The predicted molar refractivity (Wildman–Crippen MR) is 74.9 cm³/mol. The zero-order valence-electron chi connectivity index (χ0n) is 11.7. The van der Waals surface area contributed by atoms with Crippen LogP contribution in [-0.2, 0) is 14.4 Å². The Kier molecular flexibility index (Phi) is 3.19. The number of amides is 3. The van der Waals surface area contributed by atoms with Crippen LogP contribution in [0.25, 0.3) is 0 Å². The van der Waals surface area contributed by atoms with Gasteiger partial charge in [0.05, 0.1) is 5.37 Å². The molecule has 3 atom stereocenters. The minimum Gasteiger partial charge on any atom is -0.357 e. The van der Waals surface area contributed by atoms with Crippen molar-refractivity contribution in [3.8, 4) is 0 Å². The first kappa shape index (κ1) is 13.7. The molecular formula is C13H19N3O3S. The first-order valence-electron chi connectivity index (χ1n) is 6.95. The normalized spacial score (nSPS) is 35.8. The van der Waals surface area contributed by atoms with Crippen molar-refractivity contribution >= 4 is 29.5 Å². The lowest BCUT2D eigenvalue weighted by atomic mass is 9.94. The smallest absolute Gasteiger partial charge is 0.250 e. The van der Waals surface area contributed by atoms with Gasteiger partial charge in [-0.3, -0.25) is 14.4 Å². The molecule has 3 aliphatic rings. The van der Waals surface area contributed by atoms with Crippen molar-refractivity contribution in [1.29, 1.82) is 0 Å². The lowest BCUT2D eigenvalue weighted by molar-refractivity contribution is -0.147. The number of nitrogens with zero attached hydrogens (tertiary/aromatic N) is 2. The number of fused-ring (bicyclic) bond motifs is 1. The highest BCUT2D eigenvalue weighted by Gasteiger charge is 2.61. The highest BCUT2D eigenvalue weighted by atomic mass is 32.2. The topological polar surface area (TPSA) is 69.7 Å². The number of likely N-dealkylation sites (tertiary alicyclic amines) is 1. The van der Waals surface area contributed by atoms with Gasteiger partial charge in [0.2, 0.25) is 17.7 Å². The van der Waals surface area contributed by atoms with Gasteiger partial charge >= 0.3 is 0 Å².